The number of carboxylic acids is 1. The van der Waals surface area contributed by atoms with Gasteiger partial charge in [0, 0.05) is 0 Å². The molecular formula is C11H9NO2. The van der Waals surface area contributed by atoms with E-state index >= 15 is 0 Å². The van der Waals surface area contributed by atoms with Gasteiger partial charge in [-0.2, -0.15) is 5.26 Å². The van der Waals surface area contributed by atoms with Crippen molar-refractivity contribution < 1.29 is 9.90 Å². The Kier molecular flexibility index (Phi) is 1.97. The number of carbonyl (C=O) groups is 1. The van der Waals surface area contributed by atoms with Crippen LogP contribution < -0.4 is 0 Å². The summed E-state index contributed by atoms with van der Waals surface area (Å²) in [5.74, 6) is -0.789. The average molecular weight is 187 g/mol. The van der Waals surface area contributed by atoms with Crippen LogP contribution in [0, 0.1) is 17.2 Å². The van der Waals surface area contributed by atoms with Crippen LogP contribution in [-0.4, -0.2) is 11.1 Å². The molecule has 1 aromatic rings. The van der Waals surface area contributed by atoms with E-state index in [-0.39, 0.29) is 11.8 Å². The molecule has 1 aliphatic rings. The Morgan fingerprint density at radius 3 is 2.50 bits per heavy atom. The van der Waals surface area contributed by atoms with E-state index in [0.717, 1.165) is 12.0 Å². The van der Waals surface area contributed by atoms with E-state index in [1.54, 1.807) is 12.1 Å². The quantitative estimate of drug-likeness (QED) is 0.767. The Hall–Kier alpha value is -1.82. The Balaban J connectivity index is 2.13. The summed E-state index contributed by atoms with van der Waals surface area (Å²) in [6.45, 7) is 0. The lowest BCUT2D eigenvalue weighted by molar-refractivity contribution is -0.138. The summed E-state index contributed by atoms with van der Waals surface area (Å²) in [6.07, 6.45) is 0.723. The van der Waals surface area contributed by atoms with Crippen molar-refractivity contribution in [1.29, 1.82) is 5.26 Å². The lowest BCUT2D eigenvalue weighted by Gasteiger charge is -1.97. The summed E-state index contributed by atoms with van der Waals surface area (Å²) in [5, 5.41) is 17.3. The van der Waals surface area contributed by atoms with Crippen LogP contribution in [0.5, 0.6) is 0 Å². The number of carboxylic acid groups (broad SMARTS) is 1. The monoisotopic (exact) mass is 187 g/mol. The Bertz CT molecular complexity index is 402. The Labute approximate surface area is 81.6 Å². The zero-order valence-corrected chi connectivity index (χ0v) is 7.47. The maximum absolute atomic E-state index is 10.6. The van der Waals surface area contributed by atoms with Crippen molar-refractivity contribution in [3.63, 3.8) is 0 Å². The topological polar surface area (TPSA) is 61.1 Å². The van der Waals surface area contributed by atoms with Crippen LogP contribution in [0.1, 0.15) is 23.5 Å². The van der Waals surface area contributed by atoms with Gasteiger partial charge in [-0.15, -0.1) is 0 Å². The summed E-state index contributed by atoms with van der Waals surface area (Å²) >= 11 is 0. The Morgan fingerprint density at radius 1 is 1.43 bits per heavy atom. The number of hydrogen-bond donors (Lipinski definition) is 1. The molecule has 0 aliphatic heterocycles. The normalized spacial score (nSPS) is 23.9. The summed E-state index contributed by atoms with van der Waals surface area (Å²) in [5.41, 5.74) is 1.64. The molecule has 1 fully saturated rings. The van der Waals surface area contributed by atoms with E-state index in [2.05, 4.69) is 0 Å². The molecule has 1 aromatic carbocycles. The molecule has 3 nitrogen and oxygen atoms in total. The van der Waals surface area contributed by atoms with Gasteiger partial charge in [-0.05, 0) is 30.0 Å². The number of nitriles is 1. The highest BCUT2D eigenvalue weighted by atomic mass is 16.4. The first kappa shape index (κ1) is 8.76. The van der Waals surface area contributed by atoms with Crippen molar-refractivity contribution >= 4 is 5.97 Å². The van der Waals surface area contributed by atoms with Gasteiger partial charge in [0.25, 0.3) is 0 Å². The molecule has 0 bridgehead atoms. The van der Waals surface area contributed by atoms with E-state index in [4.69, 9.17) is 10.4 Å². The molecule has 1 saturated carbocycles. The molecule has 2 rings (SSSR count). The molecule has 70 valence electrons. The minimum atomic E-state index is -0.723. The highest BCUT2D eigenvalue weighted by Gasteiger charge is 2.43. The second kappa shape index (κ2) is 3.15. The maximum Gasteiger partial charge on any atom is 0.307 e. The van der Waals surface area contributed by atoms with Gasteiger partial charge in [0.05, 0.1) is 17.6 Å². The van der Waals surface area contributed by atoms with Gasteiger partial charge in [0.2, 0.25) is 0 Å². The zero-order chi connectivity index (χ0) is 10.1. The fourth-order valence-electron chi connectivity index (χ4n) is 1.64. The number of benzene rings is 1. The highest BCUT2D eigenvalue weighted by molar-refractivity contribution is 5.75. The molecule has 0 heterocycles. The Morgan fingerprint density at radius 2 is 2.07 bits per heavy atom. The molecule has 0 radical (unpaired) electrons. The summed E-state index contributed by atoms with van der Waals surface area (Å²) in [7, 11) is 0. The molecule has 1 N–H and O–H groups in total. The summed E-state index contributed by atoms with van der Waals surface area (Å²) in [4.78, 5) is 10.6. The van der Waals surface area contributed by atoms with Crippen LogP contribution in [0.4, 0.5) is 0 Å². The minimum Gasteiger partial charge on any atom is -0.481 e. The summed E-state index contributed by atoms with van der Waals surface area (Å²) in [6, 6.07) is 9.17. The summed E-state index contributed by atoms with van der Waals surface area (Å²) < 4.78 is 0. The molecule has 3 heteroatoms. The van der Waals surface area contributed by atoms with Crippen molar-refractivity contribution in [3.8, 4) is 6.07 Å². The van der Waals surface area contributed by atoms with Crippen LogP contribution in [-0.2, 0) is 4.79 Å². The van der Waals surface area contributed by atoms with Gasteiger partial charge in [-0.1, -0.05) is 12.1 Å². The van der Waals surface area contributed by atoms with Crippen molar-refractivity contribution in [3.05, 3.63) is 35.4 Å². The lowest BCUT2D eigenvalue weighted by atomic mass is 10.1. The second-order valence-electron chi connectivity index (χ2n) is 3.52. The third-order valence-corrected chi connectivity index (χ3v) is 2.58. The first-order valence-corrected chi connectivity index (χ1v) is 4.45. The smallest absolute Gasteiger partial charge is 0.307 e. The second-order valence-corrected chi connectivity index (χ2v) is 3.52. The van der Waals surface area contributed by atoms with Crippen molar-refractivity contribution in [1.82, 2.24) is 0 Å². The largest absolute Gasteiger partial charge is 0.481 e. The SMILES string of the molecule is N#Cc1ccc(C2C[C@@H]2C(=O)O)cc1. The van der Waals surface area contributed by atoms with Gasteiger partial charge in [-0.25, -0.2) is 0 Å². The highest BCUT2D eigenvalue weighted by Crippen LogP contribution is 2.47. The fraction of sp³-hybridized carbons (Fsp3) is 0.273. The van der Waals surface area contributed by atoms with E-state index in [1.807, 2.05) is 18.2 Å². The number of aliphatic carboxylic acids is 1. The predicted octanol–water partition coefficient (Wildman–Crippen LogP) is 1.75. The molecular weight excluding hydrogens is 178 g/mol. The van der Waals surface area contributed by atoms with Crippen LogP contribution >= 0.6 is 0 Å². The van der Waals surface area contributed by atoms with Crippen LogP contribution in [0.3, 0.4) is 0 Å². The maximum atomic E-state index is 10.6. The number of rotatable bonds is 2. The van der Waals surface area contributed by atoms with Gasteiger partial charge < -0.3 is 5.11 Å². The van der Waals surface area contributed by atoms with Crippen LogP contribution in [0.25, 0.3) is 0 Å². The molecule has 0 saturated heterocycles. The van der Waals surface area contributed by atoms with Crippen LogP contribution in [0.2, 0.25) is 0 Å². The van der Waals surface area contributed by atoms with E-state index in [1.165, 1.54) is 0 Å². The van der Waals surface area contributed by atoms with E-state index in [0.29, 0.717) is 5.56 Å². The van der Waals surface area contributed by atoms with Gasteiger partial charge in [0.1, 0.15) is 0 Å². The molecule has 1 unspecified atom stereocenters. The molecule has 1 aliphatic carbocycles. The van der Waals surface area contributed by atoms with Gasteiger partial charge in [-0.3, -0.25) is 4.79 Å². The number of nitrogens with zero attached hydrogens (tertiary/aromatic N) is 1. The molecule has 0 aromatic heterocycles. The number of hydrogen-bond acceptors (Lipinski definition) is 2. The first-order chi connectivity index (χ1) is 6.72. The van der Waals surface area contributed by atoms with Crippen molar-refractivity contribution in [2.75, 3.05) is 0 Å². The average Bonchev–Trinajstić information content (AvgIpc) is 2.97. The molecule has 0 amide bonds. The fourth-order valence-corrected chi connectivity index (χ4v) is 1.64. The molecule has 0 spiro atoms. The third kappa shape index (κ3) is 1.47. The molecule has 14 heavy (non-hydrogen) atoms. The zero-order valence-electron chi connectivity index (χ0n) is 7.47. The molecule has 2 atom stereocenters. The standard InChI is InChI=1S/C11H9NO2/c12-6-7-1-3-8(4-2-7)9-5-10(9)11(13)14/h1-4,9-10H,5H2,(H,13,14)/t9?,10-/m0/s1. The van der Waals surface area contributed by atoms with Gasteiger partial charge >= 0.3 is 5.97 Å². The lowest BCUT2D eigenvalue weighted by Crippen LogP contribution is -1.98. The van der Waals surface area contributed by atoms with E-state index < -0.39 is 5.97 Å². The van der Waals surface area contributed by atoms with Crippen molar-refractivity contribution in [2.45, 2.75) is 12.3 Å². The van der Waals surface area contributed by atoms with Crippen LogP contribution in [0.15, 0.2) is 24.3 Å². The minimum absolute atomic E-state index is 0.153. The predicted molar refractivity (Wildman–Crippen MR) is 49.6 cm³/mol. The van der Waals surface area contributed by atoms with E-state index in [9.17, 15) is 4.79 Å². The first-order valence-electron chi connectivity index (χ1n) is 4.45. The van der Waals surface area contributed by atoms with Gasteiger partial charge in [0.15, 0.2) is 0 Å². The van der Waals surface area contributed by atoms with Crippen molar-refractivity contribution in [2.24, 2.45) is 5.92 Å². The third-order valence-electron chi connectivity index (χ3n) is 2.58.